The molecule has 1 aliphatic rings. The molecule has 1 fully saturated rings. The second-order valence-corrected chi connectivity index (χ2v) is 7.50. The molecule has 0 saturated carbocycles. The largest absolute Gasteiger partial charge is 0.495 e. The Kier molecular flexibility index (Phi) is 7.04. The smallest absolute Gasteiger partial charge is 0.329 e. The van der Waals surface area contributed by atoms with Crippen LogP contribution in [-0.4, -0.2) is 67.4 Å². The Morgan fingerprint density at radius 3 is 2.63 bits per heavy atom. The van der Waals surface area contributed by atoms with Crippen LogP contribution in [0.4, 0.5) is 11.5 Å². The molecule has 2 heterocycles. The number of aromatic nitrogens is 2. The van der Waals surface area contributed by atoms with Gasteiger partial charge < -0.3 is 19.7 Å². The number of benzene rings is 1. The molecule has 0 spiro atoms. The molecule has 1 atom stereocenters. The van der Waals surface area contributed by atoms with Crippen molar-refractivity contribution in [2.75, 3.05) is 57.2 Å². The molecule has 1 aromatic carbocycles. The van der Waals surface area contributed by atoms with Crippen molar-refractivity contribution in [1.29, 1.82) is 0 Å². The van der Waals surface area contributed by atoms with Gasteiger partial charge in [-0.25, -0.2) is 4.79 Å². The van der Waals surface area contributed by atoms with Gasteiger partial charge >= 0.3 is 5.69 Å². The number of anilines is 2. The van der Waals surface area contributed by atoms with Crippen LogP contribution in [-0.2, 0) is 7.05 Å². The first-order valence-electron chi connectivity index (χ1n) is 10.2. The summed E-state index contributed by atoms with van der Waals surface area (Å²) in [4.78, 5) is 30.8. The molecule has 0 bridgehead atoms. The van der Waals surface area contributed by atoms with Crippen LogP contribution < -0.4 is 30.9 Å². The number of H-pyrrole nitrogens is 1. The van der Waals surface area contributed by atoms with Gasteiger partial charge in [0.1, 0.15) is 5.75 Å². The third-order valence-corrected chi connectivity index (χ3v) is 5.54. The van der Waals surface area contributed by atoms with Gasteiger partial charge in [-0.05, 0) is 32.0 Å². The minimum atomic E-state index is -0.524. The second-order valence-electron chi connectivity index (χ2n) is 7.50. The Bertz CT molecular complexity index is 971. The first kappa shape index (κ1) is 21.8. The molecule has 1 aliphatic heterocycles. The van der Waals surface area contributed by atoms with Crippen LogP contribution in [0.25, 0.3) is 0 Å². The number of aromatic amines is 1. The normalized spacial score (nSPS) is 17.1. The van der Waals surface area contributed by atoms with E-state index >= 15 is 0 Å². The van der Waals surface area contributed by atoms with Crippen LogP contribution in [0.1, 0.15) is 13.3 Å². The number of methoxy groups -OCH3 is 2. The summed E-state index contributed by atoms with van der Waals surface area (Å²) in [5.74, 6) is 1.43. The zero-order chi connectivity index (χ0) is 21.7. The number of nitrogens with zero attached hydrogens (tertiary/aromatic N) is 3. The molecule has 164 valence electrons. The van der Waals surface area contributed by atoms with E-state index in [0.717, 1.165) is 44.0 Å². The van der Waals surface area contributed by atoms with Gasteiger partial charge in [-0.3, -0.25) is 19.2 Å². The highest BCUT2D eigenvalue weighted by molar-refractivity contribution is 5.59. The van der Waals surface area contributed by atoms with Crippen molar-refractivity contribution in [3.05, 3.63) is 45.1 Å². The van der Waals surface area contributed by atoms with Gasteiger partial charge in [0.05, 0.1) is 19.9 Å². The molecule has 0 aliphatic carbocycles. The van der Waals surface area contributed by atoms with E-state index in [9.17, 15) is 9.59 Å². The first-order chi connectivity index (χ1) is 14.5. The lowest BCUT2D eigenvalue weighted by Gasteiger charge is -2.41. The highest BCUT2D eigenvalue weighted by Gasteiger charge is 2.25. The number of ether oxygens (including phenoxy) is 2. The highest BCUT2D eigenvalue weighted by atomic mass is 16.5. The summed E-state index contributed by atoms with van der Waals surface area (Å²) in [7, 11) is 4.73. The standard InChI is InChI=1S/C21H31N5O4/c1-15-14-25(12-13-26(15)16-8-5-6-9-17(16)29-3)11-7-10-22-19-18(30-4)20(27)23-21(28)24(19)2/h5-6,8-9,15,22H,7,10-14H2,1-4H3,(H,23,27,28). The van der Waals surface area contributed by atoms with Crippen LogP contribution in [0.3, 0.4) is 0 Å². The van der Waals surface area contributed by atoms with Crippen molar-refractivity contribution in [3.8, 4) is 11.5 Å². The molecule has 1 saturated heterocycles. The Hall–Kier alpha value is -2.94. The third-order valence-electron chi connectivity index (χ3n) is 5.54. The van der Waals surface area contributed by atoms with Crippen LogP contribution in [0, 0.1) is 0 Å². The van der Waals surface area contributed by atoms with Gasteiger partial charge in [0.25, 0.3) is 5.56 Å². The Labute approximate surface area is 176 Å². The fraction of sp³-hybridized carbons (Fsp3) is 0.524. The van der Waals surface area contributed by atoms with E-state index < -0.39 is 11.2 Å². The third kappa shape index (κ3) is 4.62. The van der Waals surface area contributed by atoms with E-state index in [1.807, 2.05) is 18.2 Å². The number of hydrogen-bond acceptors (Lipinski definition) is 7. The molecule has 9 heteroatoms. The van der Waals surface area contributed by atoms with Crippen molar-refractivity contribution in [2.24, 2.45) is 7.05 Å². The minimum absolute atomic E-state index is 0.121. The lowest BCUT2D eigenvalue weighted by Crippen LogP contribution is -2.52. The van der Waals surface area contributed by atoms with Crippen LogP contribution in [0.5, 0.6) is 11.5 Å². The van der Waals surface area contributed by atoms with E-state index in [1.165, 1.54) is 11.7 Å². The molecular formula is C21H31N5O4. The minimum Gasteiger partial charge on any atom is -0.495 e. The molecule has 3 rings (SSSR count). The lowest BCUT2D eigenvalue weighted by molar-refractivity contribution is 0.227. The van der Waals surface area contributed by atoms with Gasteiger partial charge in [0, 0.05) is 39.3 Å². The average Bonchev–Trinajstić information content (AvgIpc) is 2.74. The molecular weight excluding hydrogens is 386 g/mol. The Morgan fingerprint density at radius 1 is 1.17 bits per heavy atom. The molecule has 1 unspecified atom stereocenters. The van der Waals surface area contributed by atoms with Crippen molar-refractivity contribution >= 4 is 11.5 Å². The zero-order valence-electron chi connectivity index (χ0n) is 18.1. The van der Waals surface area contributed by atoms with E-state index in [1.54, 1.807) is 14.2 Å². The maximum absolute atomic E-state index is 11.9. The van der Waals surface area contributed by atoms with Gasteiger partial charge in [-0.1, -0.05) is 12.1 Å². The van der Waals surface area contributed by atoms with Crippen LogP contribution in [0.2, 0.25) is 0 Å². The summed E-state index contributed by atoms with van der Waals surface area (Å²) in [6.07, 6.45) is 0.880. The molecule has 0 amide bonds. The lowest BCUT2D eigenvalue weighted by atomic mass is 10.1. The summed E-state index contributed by atoms with van der Waals surface area (Å²) < 4.78 is 12.0. The second kappa shape index (κ2) is 9.71. The molecule has 9 nitrogen and oxygen atoms in total. The average molecular weight is 418 g/mol. The number of hydrogen-bond donors (Lipinski definition) is 2. The summed E-state index contributed by atoms with van der Waals surface area (Å²) in [5, 5.41) is 3.18. The van der Waals surface area contributed by atoms with Gasteiger partial charge in [-0.2, -0.15) is 0 Å². The number of rotatable bonds is 8. The van der Waals surface area contributed by atoms with Gasteiger partial charge in [0.15, 0.2) is 5.82 Å². The van der Waals surface area contributed by atoms with Crippen molar-refractivity contribution in [2.45, 2.75) is 19.4 Å². The number of para-hydroxylation sites is 2. The molecule has 30 heavy (non-hydrogen) atoms. The summed E-state index contributed by atoms with van der Waals surface area (Å²) in [6.45, 7) is 6.66. The molecule has 1 aromatic heterocycles. The van der Waals surface area contributed by atoms with Crippen molar-refractivity contribution in [3.63, 3.8) is 0 Å². The molecule has 2 aromatic rings. The maximum atomic E-state index is 11.9. The zero-order valence-corrected chi connectivity index (χ0v) is 18.1. The van der Waals surface area contributed by atoms with Gasteiger partial charge in [0.2, 0.25) is 5.75 Å². The molecule has 0 radical (unpaired) electrons. The number of nitrogens with one attached hydrogen (secondary N) is 2. The predicted octanol–water partition coefficient (Wildman–Crippen LogP) is 1.10. The van der Waals surface area contributed by atoms with Gasteiger partial charge in [-0.15, -0.1) is 0 Å². The SMILES string of the molecule is COc1ccccc1N1CCN(CCCNc2c(OC)c(=O)[nH]c(=O)n2C)CC1C. The van der Waals surface area contributed by atoms with Crippen LogP contribution >= 0.6 is 0 Å². The predicted molar refractivity (Wildman–Crippen MR) is 118 cm³/mol. The highest BCUT2D eigenvalue weighted by Crippen LogP contribution is 2.30. The van der Waals surface area contributed by atoms with Crippen LogP contribution in [0.15, 0.2) is 33.9 Å². The fourth-order valence-electron chi connectivity index (χ4n) is 3.96. The van der Waals surface area contributed by atoms with E-state index in [2.05, 4.69) is 33.1 Å². The topological polar surface area (TPSA) is 91.8 Å². The fourth-order valence-corrected chi connectivity index (χ4v) is 3.96. The van der Waals surface area contributed by atoms with E-state index in [4.69, 9.17) is 9.47 Å². The van der Waals surface area contributed by atoms with E-state index in [-0.39, 0.29) is 5.75 Å². The Morgan fingerprint density at radius 2 is 1.93 bits per heavy atom. The summed E-state index contributed by atoms with van der Waals surface area (Å²) in [5.41, 5.74) is 0.144. The monoisotopic (exact) mass is 417 g/mol. The van der Waals surface area contributed by atoms with Crippen molar-refractivity contribution in [1.82, 2.24) is 14.5 Å². The first-order valence-corrected chi connectivity index (χ1v) is 10.2. The molecule has 2 N–H and O–H groups in total. The van der Waals surface area contributed by atoms with E-state index in [0.29, 0.717) is 18.4 Å². The quantitative estimate of drug-likeness (QED) is 0.622. The maximum Gasteiger partial charge on any atom is 0.329 e. The summed E-state index contributed by atoms with van der Waals surface area (Å²) in [6, 6.07) is 8.50. The number of piperazine rings is 1. The Balaban J connectivity index is 1.53. The van der Waals surface area contributed by atoms with Crippen molar-refractivity contribution < 1.29 is 9.47 Å². The summed E-state index contributed by atoms with van der Waals surface area (Å²) >= 11 is 0.